The fourth-order valence-corrected chi connectivity index (χ4v) is 3.25. The highest BCUT2D eigenvalue weighted by Gasteiger charge is 2.07. The van der Waals surface area contributed by atoms with E-state index in [0.717, 1.165) is 15.6 Å². The Morgan fingerprint density at radius 3 is 2.53 bits per heavy atom. The van der Waals surface area contributed by atoms with Crippen molar-refractivity contribution in [1.29, 1.82) is 0 Å². The van der Waals surface area contributed by atoms with Crippen molar-refractivity contribution in [2.45, 2.75) is 13.5 Å². The molecule has 2 amide bonds. The van der Waals surface area contributed by atoms with Gasteiger partial charge in [-0.1, -0.05) is 22.0 Å². The summed E-state index contributed by atoms with van der Waals surface area (Å²) in [7, 11) is 1.59. The van der Waals surface area contributed by atoms with Crippen LogP contribution >= 0.6 is 15.9 Å². The van der Waals surface area contributed by atoms with E-state index >= 15 is 0 Å². The maximum atomic E-state index is 12.2. The van der Waals surface area contributed by atoms with Crippen LogP contribution in [0.25, 0.3) is 0 Å². The average Bonchev–Trinajstić information content (AvgIpc) is 2.78. The molecule has 0 bridgehead atoms. The number of carbonyl (C=O) groups excluding carboxylic acids is 2. The molecule has 0 unspecified atom stereocenters. The van der Waals surface area contributed by atoms with Gasteiger partial charge in [-0.2, -0.15) is 5.10 Å². The SMILES string of the molecule is COc1ccc(C=NNC(=O)c2cccc(Br)c2)cc1COc1ccc(NC(C)=O)cc1. The molecular weight excluding hydrogens is 474 g/mol. The summed E-state index contributed by atoms with van der Waals surface area (Å²) in [6.07, 6.45) is 1.56. The minimum atomic E-state index is -0.303. The van der Waals surface area contributed by atoms with Crippen molar-refractivity contribution < 1.29 is 19.1 Å². The Balaban J connectivity index is 1.64. The number of ether oxygens (including phenoxy) is 2. The number of hydrogen-bond donors (Lipinski definition) is 2. The molecule has 0 fully saturated rings. The molecule has 0 aliphatic heterocycles. The molecule has 0 atom stereocenters. The Morgan fingerprint density at radius 1 is 1.06 bits per heavy atom. The zero-order valence-electron chi connectivity index (χ0n) is 17.6. The van der Waals surface area contributed by atoms with Crippen LogP contribution in [-0.4, -0.2) is 25.1 Å². The number of hydrazone groups is 1. The van der Waals surface area contributed by atoms with E-state index < -0.39 is 0 Å². The minimum Gasteiger partial charge on any atom is -0.496 e. The van der Waals surface area contributed by atoms with Crippen LogP contribution in [0.3, 0.4) is 0 Å². The molecule has 0 aliphatic carbocycles. The molecule has 0 spiro atoms. The van der Waals surface area contributed by atoms with Gasteiger partial charge in [0.2, 0.25) is 5.91 Å². The summed E-state index contributed by atoms with van der Waals surface area (Å²) in [5.74, 6) is 0.897. The van der Waals surface area contributed by atoms with Gasteiger partial charge in [-0.15, -0.1) is 0 Å². The number of halogens is 1. The number of hydrogen-bond acceptors (Lipinski definition) is 5. The summed E-state index contributed by atoms with van der Waals surface area (Å²) in [6.45, 7) is 1.73. The molecular formula is C24H22BrN3O4. The zero-order chi connectivity index (χ0) is 22.9. The lowest BCUT2D eigenvalue weighted by atomic mass is 10.1. The normalized spacial score (nSPS) is 10.6. The predicted octanol–water partition coefficient (Wildman–Crippen LogP) is 4.76. The zero-order valence-corrected chi connectivity index (χ0v) is 19.2. The number of carbonyl (C=O) groups is 2. The smallest absolute Gasteiger partial charge is 0.271 e. The highest BCUT2D eigenvalue weighted by Crippen LogP contribution is 2.23. The highest BCUT2D eigenvalue weighted by molar-refractivity contribution is 9.10. The molecule has 0 aromatic heterocycles. The standard InChI is InChI=1S/C24H22BrN3O4/c1-16(29)27-21-7-9-22(10-8-21)32-15-19-12-17(6-11-23(19)31-2)14-26-28-24(30)18-4-3-5-20(25)13-18/h3-14H,15H2,1-2H3,(H,27,29)(H,28,30). The summed E-state index contributed by atoms with van der Waals surface area (Å²) in [6, 6.07) is 19.7. The number of nitrogens with zero attached hydrogens (tertiary/aromatic N) is 1. The van der Waals surface area contributed by atoms with Crippen LogP contribution in [0.1, 0.15) is 28.4 Å². The molecule has 7 nitrogen and oxygen atoms in total. The fraction of sp³-hybridized carbons (Fsp3) is 0.125. The number of methoxy groups -OCH3 is 1. The van der Waals surface area contributed by atoms with E-state index in [-0.39, 0.29) is 18.4 Å². The van der Waals surface area contributed by atoms with Gasteiger partial charge in [0.05, 0.1) is 13.3 Å². The molecule has 0 radical (unpaired) electrons. The second kappa shape index (κ2) is 11.1. The largest absolute Gasteiger partial charge is 0.496 e. The first-order chi connectivity index (χ1) is 15.4. The topological polar surface area (TPSA) is 89.0 Å². The molecule has 0 saturated carbocycles. The number of rotatable bonds is 8. The third-order valence-corrected chi connectivity index (χ3v) is 4.83. The van der Waals surface area contributed by atoms with Crippen LogP contribution in [0.2, 0.25) is 0 Å². The van der Waals surface area contributed by atoms with Crippen LogP contribution in [0, 0.1) is 0 Å². The fourth-order valence-electron chi connectivity index (χ4n) is 2.85. The second-order valence-corrected chi connectivity index (χ2v) is 7.69. The second-order valence-electron chi connectivity index (χ2n) is 6.77. The Labute approximate surface area is 194 Å². The lowest BCUT2D eigenvalue weighted by molar-refractivity contribution is -0.114. The van der Waals surface area contributed by atoms with Crippen molar-refractivity contribution in [3.05, 3.63) is 87.9 Å². The third-order valence-electron chi connectivity index (χ3n) is 4.34. The van der Waals surface area contributed by atoms with Gasteiger partial charge >= 0.3 is 0 Å². The van der Waals surface area contributed by atoms with Gasteiger partial charge in [-0.25, -0.2) is 5.43 Å². The molecule has 8 heteroatoms. The Hall–Kier alpha value is -3.65. The van der Waals surface area contributed by atoms with Crippen molar-refractivity contribution in [1.82, 2.24) is 5.43 Å². The highest BCUT2D eigenvalue weighted by atomic mass is 79.9. The van der Waals surface area contributed by atoms with Crippen LogP contribution in [0.15, 0.2) is 76.3 Å². The minimum absolute atomic E-state index is 0.130. The van der Waals surface area contributed by atoms with E-state index in [0.29, 0.717) is 22.7 Å². The Kier molecular flexibility index (Phi) is 7.99. The van der Waals surface area contributed by atoms with Gasteiger partial charge < -0.3 is 14.8 Å². The quantitative estimate of drug-likeness (QED) is 0.348. The van der Waals surface area contributed by atoms with E-state index in [2.05, 4.69) is 31.8 Å². The summed E-state index contributed by atoms with van der Waals surface area (Å²) in [5, 5.41) is 6.75. The predicted molar refractivity (Wildman–Crippen MR) is 127 cm³/mol. The summed E-state index contributed by atoms with van der Waals surface area (Å²) in [4.78, 5) is 23.3. The molecule has 32 heavy (non-hydrogen) atoms. The van der Waals surface area contributed by atoms with Crippen molar-refractivity contribution >= 4 is 39.6 Å². The molecule has 3 rings (SSSR count). The van der Waals surface area contributed by atoms with Gasteiger partial charge in [-0.3, -0.25) is 9.59 Å². The van der Waals surface area contributed by atoms with Crippen LogP contribution in [0.5, 0.6) is 11.5 Å². The summed E-state index contributed by atoms with van der Waals surface area (Å²) in [5.41, 5.74) is 5.32. The maximum absolute atomic E-state index is 12.2. The van der Waals surface area contributed by atoms with E-state index in [1.54, 1.807) is 55.8 Å². The first kappa shape index (κ1) is 23.0. The van der Waals surface area contributed by atoms with Crippen molar-refractivity contribution in [3.8, 4) is 11.5 Å². The molecule has 0 aliphatic rings. The lowest BCUT2D eigenvalue weighted by Gasteiger charge is -2.12. The number of benzene rings is 3. The number of amides is 2. The molecule has 3 aromatic carbocycles. The number of anilines is 1. The van der Waals surface area contributed by atoms with Crippen molar-refractivity contribution in [2.24, 2.45) is 5.10 Å². The first-order valence-corrected chi connectivity index (χ1v) is 10.5. The van der Waals surface area contributed by atoms with E-state index in [1.165, 1.54) is 6.92 Å². The monoisotopic (exact) mass is 495 g/mol. The van der Waals surface area contributed by atoms with E-state index in [1.807, 2.05) is 24.3 Å². The van der Waals surface area contributed by atoms with E-state index in [4.69, 9.17) is 9.47 Å². The lowest BCUT2D eigenvalue weighted by Crippen LogP contribution is -2.17. The average molecular weight is 496 g/mol. The van der Waals surface area contributed by atoms with Crippen LogP contribution in [-0.2, 0) is 11.4 Å². The third kappa shape index (κ3) is 6.68. The molecule has 0 saturated heterocycles. The Morgan fingerprint density at radius 2 is 1.84 bits per heavy atom. The molecule has 2 N–H and O–H groups in total. The summed E-state index contributed by atoms with van der Waals surface area (Å²) < 4.78 is 12.1. The van der Waals surface area contributed by atoms with Crippen LogP contribution in [0.4, 0.5) is 5.69 Å². The van der Waals surface area contributed by atoms with Crippen LogP contribution < -0.4 is 20.2 Å². The molecule has 164 valence electrons. The van der Waals surface area contributed by atoms with Gasteiger partial charge in [0.15, 0.2) is 0 Å². The molecule has 0 heterocycles. The van der Waals surface area contributed by atoms with Crippen molar-refractivity contribution in [3.63, 3.8) is 0 Å². The summed E-state index contributed by atoms with van der Waals surface area (Å²) >= 11 is 3.34. The first-order valence-electron chi connectivity index (χ1n) is 9.71. The van der Waals surface area contributed by atoms with Crippen molar-refractivity contribution in [2.75, 3.05) is 12.4 Å². The van der Waals surface area contributed by atoms with Gasteiger partial charge in [0, 0.05) is 28.2 Å². The van der Waals surface area contributed by atoms with Gasteiger partial charge in [-0.05, 0) is 66.2 Å². The molecule has 3 aromatic rings. The van der Waals surface area contributed by atoms with Gasteiger partial charge in [0.25, 0.3) is 5.91 Å². The Bertz CT molecular complexity index is 1130. The number of nitrogens with one attached hydrogen (secondary N) is 2. The maximum Gasteiger partial charge on any atom is 0.271 e. The van der Waals surface area contributed by atoms with Gasteiger partial charge in [0.1, 0.15) is 18.1 Å². The van der Waals surface area contributed by atoms with E-state index in [9.17, 15) is 9.59 Å².